The maximum Gasteiger partial charge on any atom is 0.0248 e. The monoisotopic (exact) mass is 287 g/mol. The fourth-order valence-electron chi connectivity index (χ4n) is 4.12. The normalized spacial score (nSPS) is 20.6. The van der Waals surface area contributed by atoms with Crippen LogP contribution < -0.4 is 0 Å². The molecule has 0 bridgehead atoms. The van der Waals surface area contributed by atoms with E-state index >= 15 is 0 Å². The van der Waals surface area contributed by atoms with Crippen LogP contribution in [0.1, 0.15) is 71.6 Å². The van der Waals surface area contributed by atoms with Crippen LogP contribution in [0.4, 0.5) is 0 Å². The highest BCUT2D eigenvalue weighted by Crippen LogP contribution is 2.42. The number of hydrogen-bond donors (Lipinski definition) is 0. The molecule has 0 aromatic heterocycles. The van der Waals surface area contributed by atoms with Crippen molar-refractivity contribution in [1.82, 2.24) is 4.90 Å². The second-order valence-corrected chi connectivity index (χ2v) is 7.24. The number of hydrogen-bond acceptors (Lipinski definition) is 1. The van der Waals surface area contributed by atoms with E-state index in [0.29, 0.717) is 5.41 Å². The van der Waals surface area contributed by atoms with Gasteiger partial charge in [-0.15, -0.1) is 6.58 Å². The van der Waals surface area contributed by atoms with Crippen LogP contribution in [-0.2, 0) is 0 Å². The van der Waals surface area contributed by atoms with Crippen molar-refractivity contribution in [2.75, 3.05) is 13.1 Å². The molecule has 0 atom stereocenters. The first-order valence-electron chi connectivity index (χ1n) is 8.81. The van der Waals surface area contributed by atoms with Gasteiger partial charge in [0.1, 0.15) is 0 Å². The fraction of sp³-hybridized carbons (Fsp3) is 0.700. The topological polar surface area (TPSA) is 3.24 Å². The van der Waals surface area contributed by atoms with E-state index in [4.69, 9.17) is 0 Å². The third-order valence-corrected chi connectivity index (χ3v) is 5.51. The van der Waals surface area contributed by atoms with Gasteiger partial charge in [-0.3, -0.25) is 0 Å². The Bertz CT molecular complexity index is 410. The fourth-order valence-corrected chi connectivity index (χ4v) is 4.12. The predicted octanol–water partition coefficient (Wildman–Crippen LogP) is 5.85. The smallest absolute Gasteiger partial charge is 0.0248 e. The molecule has 1 aliphatic carbocycles. The first-order valence-corrected chi connectivity index (χ1v) is 8.81. The summed E-state index contributed by atoms with van der Waals surface area (Å²) in [5.74, 6) is 0. The van der Waals surface area contributed by atoms with E-state index in [0.717, 1.165) is 12.8 Å². The Morgan fingerprint density at radius 2 is 2.05 bits per heavy atom. The van der Waals surface area contributed by atoms with Crippen LogP contribution in [0.25, 0.3) is 0 Å². The highest BCUT2D eigenvalue weighted by atomic mass is 15.2. The van der Waals surface area contributed by atoms with Crippen molar-refractivity contribution in [3.8, 4) is 0 Å². The third kappa shape index (κ3) is 4.02. The summed E-state index contributed by atoms with van der Waals surface area (Å²) in [7, 11) is 0. The summed E-state index contributed by atoms with van der Waals surface area (Å²) < 4.78 is 0. The van der Waals surface area contributed by atoms with E-state index in [-0.39, 0.29) is 0 Å². The van der Waals surface area contributed by atoms with Crippen LogP contribution in [0.3, 0.4) is 0 Å². The van der Waals surface area contributed by atoms with Crippen LogP contribution in [-0.4, -0.2) is 18.0 Å². The predicted molar refractivity (Wildman–Crippen MR) is 93.3 cm³/mol. The summed E-state index contributed by atoms with van der Waals surface area (Å²) >= 11 is 0. The molecule has 0 aromatic rings. The van der Waals surface area contributed by atoms with Crippen LogP contribution in [0.15, 0.2) is 36.1 Å². The molecule has 0 N–H and O–H groups in total. The molecule has 0 amide bonds. The summed E-state index contributed by atoms with van der Waals surface area (Å²) in [5.41, 5.74) is 5.28. The summed E-state index contributed by atoms with van der Waals surface area (Å²) in [6, 6.07) is 0. The molecule has 0 aromatic carbocycles. The molecule has 118 valence electrons. The van der Waals surface area contributed by atoms with Gasteiger partial charge in [-0.25, -0.2) is 0 Å². The molecule has 0 spiro atoms. The highest BCUT2D eigenvalue weighted by Gasteiger charge is 2.41. The van der Waals surface area contributed by atoms with Gasteiger partial charge in [0.2, 0.25) is 0 Å². The van der Waals surface area contributed by atoms with Crippen molar-refractivity contribution in [2.45, 2.75) is 71.6 Å². The van der Waals surface area contributed by atoms with Gasteiger partial charge < -0.3 is 4.90 Å². The van der Waals surface area contributed by atoms with E-state index in [2.05, 4.69) is 38.0 Å². The SMILES string of the molecule is C=CCCC1(CCC)CN(C(=C)CCC2=C(C)CCC2)C1. The molecule has 0 saturated carbocycles. The molecule has 2 aliphatic rings. The number of likely N-dealkylation sites (tertiary alicyclic amines) is 1. The molecule has 1 aliphatic heterocycles. The van der Waals surface area contributed by atoms with E-state index in [1.165, 1.54) is 63.7 Å². The van der Waals surface area contributed by atoms with Gasteiger partial charge >= 0.3 is 0 Å². The molecule has 1 nitrogen and oxygen atoms in total. The molecule has 21 heavy (non-hydrogen) atoms. The van der Waals surface area contributed by atoms with E-state index in [1.807, 2.05) is 0 Å². The largest absolute Gasteiger partial charge is 0.374 e. The Morgan fingerprint density at radius 1 is 1.29 bits per heavy atom. The lowest BCUT2D eigenvalue weighted by atomic mass is 9.72. The minimum Gasteiger partial charge on any atom is -0.374 e. The summed E-state index contributed by atoms with van der Waals surface area (Å²) in [6.07, 6.45) is 13.6. The Morgan fingerprint density at radius 3 is 2.62 bits per heavy atom. The Balaban J connectivity index is 1.77. The van der Waals surface area contributed by atoms with E-state index in [1.54, 1.807) is 11.1 Å². The number of allylic oxidation sites excluding steroid dienone is 4. The van der Waals surface area contributed by atoms with Crippen LogP contribution in [0.2, 0.25) is 0 Å². The van der Waals surface area contributed by atoms with E-state index in [9.17, 15) is 0 Å². The lowest BCUT2D eigenvalue weighted by Crippen LogP contribution is -2.55. The lowest BCUT2D eigenvalue weighted by Gasteiger charge is -2.53. The molecule has 0 unspecified atom stereocenters. The lowest BCUT2D eigenvalue weighted by molar-refractivity contribution is 0.0112. The second-order valence-electron chi connectivity index (χ2n) is 7.24. The first kappa shape index (κ1) is 16.4. The maximum atomic E-state index is 4.35. The van der Waals surface area contributed by atoms with Gasteiger partial charge in [-0.1, -0.05) is 37.1 Å². The van der Waals surface area contributed by atoms with Crippen LogP contribution >= 0.6 is 0 Å². The van der Waals surface area contributed by atoms with Crippen LogP contribution in [0.5, 0.6) is 0 Å². The average Bonchev–Trinajstić information content (AvgIpc) is 2.84. The average molecular weight is 287 g/mol. The number of nitrogens with zero attached hydrogens (tertiary/aromatic N) is 1. The van der Waals surface area contributed by atoms with E-state index < -0.39 is 0 Å². The van der Waals surface area contributed by atoms with Crippen molar-refractivity contribution in [3.63, 3.8) is 0 Å². The zero-order valence-electron chi connectivity index (χ0n) is 14.2. The summed E-state index contributed by atoms with van der Waals surface area (Å²) in [6.45, 7) is 15.3. The van der Waals surface area contributed by atoms with Crippen molar-refractivity contribution in [2.24, 2.45) is 5.41 Å². The minimum absolute atomic E-state index is 0.550. The van der Waals surface area contributed by atoms with Gasteiger partial charge in [-0.2, -0.15) is 0 Å². The van der Waals surface area contributed by atoms with Gasteiger partial charge in [0.25, 0.3) is 0 Å². The molecule has 1 fully saturated rings. The molecular weight excluding hydrogens is 254 g/mol. The van der Waals surface area contributed by atoms with Gasteiger partial charge in [0.05, 0.1) is 0 Å². The summed E-state index contributed by atoms with van der Waals surface area (Å²) in [5, 5.41) is 0. The molecule has 2 rings (SSSR count). The summed E-state index contributed by atoms with van der Waals surface area (Å²) in [4.78, 5) is 2.53. The quantitative estimate of drug-likeness (QED) is 0.481. The van der Waals surface area contributed by atoms with Gasteiger partial charge in [0.15, 0.2) is 0 Å². The van der Waals surface area contributed by atoms with Crippen molar-refractivity contribution in [1.29, 1.82) is 0 Å². The van der Waals surface area contributed by atoms with Crippen molar-refractivity contribution in [3.05, 3.63) is 36.1 Å². The first-order chi connectivity index (χ1) is 10.1. The Kier molecular flexibility index (Phi) is 5.72. The standard InChI is InChI=1S/C20H33N/c1-5-7-14-20(13-6-2)15-21(16-20)18(4)11-12-19-10-8-9-17(19)3/h5H,1,4,6-16H2,2-3H3. The molecule has 1 heteroatoms. The minimum atomic E-state index is 0.550. The molecule has 1 saturated heterocycles. The molecule has 0 radical (unpaired) electrons. The van der Waals surface area contributed by atoms with Gasteiger partial charge in [-0.05, 0) is 58.3 Å². The Labute approximate surface area is 131 Å². The van der Waals surface area contributed by atoms with Crippen molar-refractivity contribution >= 4 is 0 Å². The zero-order chi connectivity index (χ0) is 15.3. The zero-order valence-corrected chi connectivity index (χ0v) is 14.2. The Hall–Kier alpha value is -0.980. The van der Waals surface area contributed by atoms with Gasteiger partial charge in [0, 0.05) is 24.2 Å². The van der Waals surface area contributed by atoms with Crippen LogP contribution in [0, 0.1) is 5.41 Å². The maximum absolute atomic E-state index is 4.35. The second kappa shape index (κ2) is 7.33. The third-order valence-electron chi connectivity index (χ3n) is 5.51. The molecular formula is C20H33N. The molecule has 1 heterocycles. The number of rotatable bonds is 9. The highest BCUT2D eigenvalue weighted by molar-refractivity contribution is 5.19. The van der Waals surface area contributed by atoms with Crippen molar-refractivity contribution < 1.29 is 0 Å².